The number of hydrogen-bond donors (Lipinski definition) is 1. The third-order valence-corrected chi connectivity index (χ3v) is 2.37. The Morgan fingerprint density at radius 1 is 1.29 bits per heavy atom. The number of hydrogen-bond acceptors (Lipinski definition) is 2. The topological polar surface area (TPSA) is 49.4 Å². The van der Waals surface area contributed by atoms with Gasteiger partial charge in [0.15, 0.2) is 0 Å². The minimum Gasteiger partial charge on any atom is -0.349 e. The maximum atomic E-state index is 11.4. The molecule has 0 saturated heterocycles. The van der Waals surface area contributed by atoms with Gasteiger partial charge in [0, 0.05) is 33.1 Å². The molecule has 4 heteroatoms. The Balaban J connectivity index is 2.60. The highest BCUT2D eigenvalue weighted by atomic mass is 16.2. The zero-order chi connectivity index (χ0) is 12.8. The van der Waals surface area contributed by atoms with Crippen LogP contribution in [0.4, 0.5) is 5.69 Å². The predicted molar refractivity (Wildman–Crippen MR) is 67.8 cm³/mol. The number of carbonyl (C=O) groups excluding carboxylic acids is 2. The summed E-state index contributed by atoms with van der Waals surface area (Å²) in [5, 5.41) is 2.72. The highest BCUT2D eigenvalue weighted by molar-refractivity contribution is 5.88. The van der Waals surface area contributed by atoms with Gasteiger partial charge in [-0.15, -0.1) is 0 Å². The summed E-state index contributed by atoms with van der Waals surface area (Å²) in [4.78, 5) is 23.9. The molecule has 4 nitrogen and oxygen atoms in total. The first-order valence-corrected chi connectivity index (χ1v) is 5.55. The Morgan fingerprint density at radius 2 is 2.00 bits per heavy atom. The molecule has 0 aliphatic carbocycles. The maximum absolute atomic E-state index is 11.4. The summed E-state index contributed by atoms with van der Waals surface area (Å²) < 4.78 is 0. The van der Waals surface area contributed by atoms with Gasteiger partial charge in [-0.05, 0) is 24.1 Å². The molecule has 17 heavy (non-hydrogen) atoms. The summed E-state index contributed by atoms with van der Waals surface area (Å²) in [6.45, 7) is 1.47. The van der Waals surface area contributed by atoms with Gasteiger partial charge in [-0.25, -0.2) is 0 Å². The molecule has 92 valence electrons. The van der Waals surface area contributed by atoms with Gasteiger partial charge < -0.3 is 10.2 Å². The van der Waals surface area contributed by atoms with E-state index < -0.39 is 0 Å². The molecule has 1 rings (SSSR count). The van der Waals surface area contributed by atoms with Gasteiger partial charge in [0.05, 0.1) is 0 Å². The third-order valence-electron chi connectivity index (χ3n) is 2.37. The number of benzene rings is 1. The number of amides is 2. The lowest BCUT2D eigenvalue weighted by Crippen LogP contribution is -2.21. The summed E-state index contributed by atoms with van der Waals surface area (Å²) in [6, 6.07) is 7.55. The van der Waals surface area contributed by atoms with Crippen molar-refractivity contribution < 1.29 is 9.59 Å². The zero-order valence-corrected chi connectivity index (χ0v) is 10.5. The molecular weight excluding hydrogens is 216 g/mol. The van der Waals surface area contributed by atoms with Gasteiger partial charge in [0.1, 0.15) is 0 Å². The van der Waals surface area contributed by atoms with Crippen LogP contribution in [0, 0.1) is 0 Å². The van der Waals surface area contributed by atoms with Crippen LogP contribution in [0.5, 0.6) is 0 Å². The van der Waals surface area contributed by atoms with Gasteiger partial charge in [-0.1, -0.05) is 12.1 Å². The fourth-order valence-corrected chi connectivity index (χ4v) is 1.48. The average Bonchev–Trinajstić information content (AvgIpc) is 2.25. The molecule has 0 bridgehead atoms. The van der Waals surface area contributed by atoms with Gasteiger partial charge in [0.25, 0.3) is 0 Å². The van der Waals surface area contributed by atoms with Crippen LogP contribution in [0.1, 0.15) is 18.9 Å². The fraction of sp³-hybridized carbons (Fsp3) is 0.385. The van der Waals surface area contributed by atoms with Gasteiger partial charge in [-0.2, -0.15) is 0 Å². The lowest BCUT2D eigenvalue weighted by Gasteiger charge is -2.10. The van der Waals surface area contributed by atoms with Gasteiger partial charge in [0.2, 0.25) is 11.8 Å². The standard InChI is InChI=1S/C13H18N2O2/c1-10(16)14-12-6-4-5-11(9-12)7-8-13(17)15(2)3/h4-6,9H,7-8H2,1-3H3,(H,14,16). The first-order valence-electron chi connectivity index (χ1n) is 5.55. The van der Waals surface area contributed by atoms with E-state index in [0.717, 1.165) is 11.3 Å². The lowest BCUT2D eigenvalue weighted by molar-refractivity contribution is -0.128. The molecular formula is C13H18N2O2. The van der Waals surface area contributed by atoms with E-state index in [-0.39, 0.29) is 11.8 Å². The molecule has 0 unspecified atom stereocenters. The Morgan fingerprint density at radius 3 is 2.59 bits per heavy atom. The first kappa shape index (κ1) is 13.2. The number of nitrogens with zero attached hydrogens (tertiary/aromatic N) is 1. The van der Waals surface area contributed by atoms with Gasteiger partial charge in [-0.3, -0.25) is 9.59 Å². The molecule has 0 heterocycles. The summed E-state index contributed by atoms with van der Waals surface area (Å²) in [5.74, 6) is 0.0152. The van der Waals surface area contributed by atoms with Crippen LogP contribution in [-0.4, -0.2) is 30.8 Å². The van der Waals surface area contributed by atoms with Crippen molar-refractivity contribution in [2.24, 2.45) is 0 Å². The number of anilines is 1. The Bertz CT molecular complexity index is 414. The van der Waals surface area contributed by atoms with Crippen molar-refractivity contribution in [2.45, 2.75) is 19.8 Å². The molecule has 0 saturated carbocycles. The third kappa shape index (κ3) is 4.68. The molecule has 0 fully saturated rings. The second-order valence-electron chi connectivity index (χ2n) is 4.17. The molecule has 0 radical (unpaired) electrons. The van der Waals surface area contributed by atoms with Crippen molar-refractivity contribution in [1.29, 1.82) is 0 Å². The molecule has 0 aromatic heterocycles. The molecule has 2 amide bonds. The summed E-state index contributed by atoms with van der Waals surface area (Å²) in [5.41, 5.74) is 1.82. The summed E-state index contributed by atoms with van der Waals surface area (Å²) in [6.07, 6.45) is 1.17. The van der Waals surface area contributed by atoms with E-state index in [2.05, 4.69) is 5.32 Å². The van der Waals surface area contributed by atoms with Crippen LogP contribution >= 0.6 is 0 Å². The van der Waals surface area contributed by atoms with E-state index in [9.17, 15) is 9.59 Å². The predicted octanol–water partition coefficient (Wildman–Crippen LogP) is 1.67. The van der Waals surface area contributed by atoms with Gasteiger partial charge >= 0.3 is 0 Å². The van der Waals surface area contributed by atoms with Crippen molar-refractivity contribution in [3.05, 3.63) is 29.8 Å². The zero-order valence-electron chi connectivity index (χ0n) is 10.5. The SMILES string of the molecule is CC(=O)Nc1cccc(CCC(=O)N(C)C)c1. The van der Waals surface area contributed by atoms with Crippen molar-refractivity contribution in [2.75, 3.05) is 19.4 Å². The fourth-order valence-electron chi connectivity index (χ4n) is 1.48. The second kappa shape index (κ2) is 6.03. The molecule has 1 aromatic rings. The highest BCUT2D eigenvalue weighted by Gasteiger charge is 2.04. The normalized spacial score (nSPS) is 9.82. The lowest BCUT2D eigenvalue weighted by atomic mass is 10.1. The largest absolute Gasteiger partial charge is 0.349 e. The van der Waals surface area contributed by atoms with E-state index in [4.69, 9.17) is 0 Å². The van der Waals surface area contributed by atoms with E-state index in [0.29, 0.717) is 12.8 Å². The monoisotopic (exact) mass is 234 g/mol. The molecule has 0 atom stereocenters. The molecule has 0 spiro atoms. The van der Waals surface area contributed by atoms with Crippen LogP contribution in [0.15, 0.2) is 24.3 Å². The quantitative estimate of drug-likeness (QED) is 0.861. The first-order chi connectivity index (χ1) is 7.99. The number of rotatable bonds is 4. The summed E-state index contributed by atoms with van der Waals surface area (Å²) >= 11 is 0. The van der Waals surface area contributed by atoms with E-state index in [1.165, 1.54) is 6.92 Å². The average molecular weight is 234 g/mol. The van der Waals surface area contributed by atoms with Crippen molar-refractivity contribution >= 4 is 17.5 Å². The molecule has 1 aromatic carbocycles. The van der Waals surface area contributed by atoms with Crippen LogP contribution in [0.2, 0.25) is 0 Å². The Hall–Kier alpha value is -1.84. The van der Waals surface area contributed by atoms with Crippen LogP contribution in [0.3, 0.4) is 0 Å². The molecule has 0 aliphatic heterocycles. The van der Waals surface area contributed by atoms with Crippen LogP contribution in [0.25, 0.3) is 0 Å². The number of aryl methyl sites for hydroxylation is 1. The van der Waals surface area contributed by atoms with E-state index >= 15 is 0 Å². The van der Waals surface area contributed by atoms with Crippen molar-refractivity contribution in [3.8, 4) is 0 Å². The van der Waals surface area contributed by atoms with Crippen LogP contribution < -0.4 is 5.32 Å². The van der Waals surface area contributed by atoms with Crippen LogP contribution in [-0.2, 0) is 16.0 Å². The highest BCUT2D eigenvalue weighted by Crippen LogP contribution is 2.12. The second-order valence-corrected chi connectivity index (χ2v) is 4.17. The minimum absolute atomic E-state index is 0.0912. The summed E-state index contributed by atoms with van der Waals surface area (Å²) in [7, 11) is 3.49. The molecule has 0 aliphatic rings. The van der Waals surface area contributed by atoms with E-state index in [1.54, 1.807) is 19.0 Å². The van der Waals surface area contributed by atoms with Crippen molar-refractivity contribution in [1.82, 2.24) is 4.90 Å². The Labute approximate surface area is 102 Å². The minimum atomic E-state index is -0.0912. The number of carbonyl (C=O) groups is 2. The van der Waals surface area contributed by atoms with Crippen molar-refractivity contribution in [3.63, 3.8) is 0 Å². The Kier molecular flexibility index (Phi) is 4.69. The maximum Gasteiger partial charge on any atom is 0.222 e. The number of nitrogens with one attached hydrogen (secondary N) is 1. The molecule has 1 N–H and O–H groups in total. The smallest absolute Gasteiger partial charge is 0.222 e. The van der Waals surface area contributed by atoms with E-state index in [1.807, 2.05) is 24.3 Å².